The summed E-state index contributed by atoms with van der Waals surface area (Å²) in [6, 6.07) is 4.61. The van der Waals surface area contributed by atoms with Gasteiger partial charge in [0, 0.05) is 19.3 Å². The van der Waals surface area contributed by atoms with E-state index in [2.05, 4.69) is 5.92 Å². The second-order valence-electron chi connectivity index (χ2n) is 4.15. The lowest BCUT2D eigenvalue weighted by Crippen LogP contribution is -2.21. The van der Waals surface area contributed by atoms with Gasteiger partial charge in [-0.3, -0.25) is 0 Å². The van der Waals surface area contributed by atoms with Crippen molar-refractivity contribution in [3.8, 4) is 18.1 Å². The first-order chi connectivity index (χ1) is 8.29. The topological polar surface area (TPSA) is 18.5 Å². The molecule has 3 heteroatoms. The molecule has 0 atom stereocenters. The van der Waals surface area contributed by atoms with Crippen LogP contribution >= 0.6 is 0 Å². The molecule has 1 aromatic carbocycles. The molecule has 0 amide bonds. The van der Waals surface area contributed by atoms with E-state index in [4.69, 9.17) is 15.9 Å². The number of terminal acetylenes is 1. The Hall–Kier alpha value is -1.53. The van der Waals surface area contributed by atoms with Gasteiger partial charge in [-0.25, -0.2) is 4.39 Å². The van der Waals surface area contributed by atoms with Gasteiger partial charge in [-0.15, -0.1) is 6.42 Å². The van der Waals surface area contributed by atoms with Crippen molar-refractivity contribution in [1.29, 1.82) is 0 Å². The lowest BCUT2D eigenvalue weighted by molar-refractivity contribution is 0.0497. The van der Waals surface area contributed by atoms with Crippen LogP contribution in [0.15, 0.2) is 18.2 Å². The highest BCUT2D eigenvalue weighted by Gasteiger charge is 2.14. The molecule has 0 unspecified atom stereocenters. The zero-order chi connectivity index (χ0) is 12.1. The average Bonchev–Trinajstić information content (AvgIpc) is 2.38. The molecule has 0 aliphatic carbocycles. The van der Waals surface area contributed by atoms with Gasteiger partial charge in [0.2, 0.25) is 0 Å². The van der Waals surface area contributed by atoms with Crippen LogP contribution in [0.1, 0.15) is 18.4 Å². The van der Waals surface area contributed by atoms with Crippen LogP contribution in [-0.2, 0) is 4.74 Å². The van der Waals surface area contributed by atoms with E-state index in [1.54, 1.807) is 12.1 Å². The molecule has 2 nitrogen and oxygen atoms in total. The Morgan fingerprint density at radius 1 is 1.41 bits per heavy atom. The minimum atomic E-state index is -0.406. The average molecular weight is 234 g/mol. The smallest absolute Gasteiger partial charge is 0.142 e. The lowest BCUT2D eigenvalue weighted by Gasteiger charge is -2.22. The zero-order valence-corrected chi connectivity index (χ0v) is 9.62. The monoisotopic (exact) mass is 234 g/mol. The van der Waals surface area contributed by atoms with Crippen LogP contribution in [0.25, 0.3) is 0 Å². The summed E-state index contributed by atoms with van der Waals surface area (Å²) < 4.78 is 24.2. The molecule has 0 spiro atoms. The van der Waals surface area contributed by atoms with E-state index in [9.17, 15) is 4.39 Å². The standard InChI is InChI=1S/C14H15FO2/c1-2-12-3-4-13(9-14(12)15)17-10-11-5-7-16-8-6-11/h1,3-4,9,11H,5-8,10H2. The third-order valence-corrected chi connectivity index (χ3v) is 2.92. The Morgan fingerprint density at radius 2 is 2.18 bits per heavy atom. The van der Waals surface area contributed by atoms with Crippen molar-refractivity contribution >= 4 is 0 Å². The highest BCUT2D eigenvalue weighted by Crippen LogP contribution is 2.19. The highest BCUT2D eigenvalue weighted by molar-refractivity contribution is 5.38. The van der Waals surface area contributed by atoms with Crippen molar-refractivity contribution in [3.05, 3.63) is 29.6 Å². The van der Waals surface area contributed by atoms with Gasteiger partial charge in [0.25, 0.3) is 0 Å². The SMILES string of the molecule is C#Cc1ccc(OCC2CCOCC2)cc1F. The molecule has 90 valence electrons. The van der Waals surface area contributed by atoms with Crippen LogP contribution in [0, 0.1) is 24.1 Å². The van der Waals surface area contributed by atoms with Crippen LogP contribution < -0.4 is 4.74 Å². The molecule has 1 aliphatic heterocycles. The molecule has 2 rings (SSSR count). The van der Waals surface area contributed by atoms with Crippen molar-refractivity contribution in [2.45, 2.75) is 12.8 Å². The molecule has 0 N–H and O–H groups in total. The third-order valence-electron chi connectivity index (χ3n) is 2.92. The van der Waals surface area contributed by atoms with Gasteiger partial charge in [-0.1, -0.05) is 5.92 Å². The second-order valence-corrected chi connectivity index (χ2v) is 4.15. The van der Waals surface area contributed by atoms with Gasteiger partial charge in [0.1, 0.15) is 11.6 Å². The van der Waals surface area contributed by atoms with Crippen LogP contribution in [0.3, 0.4) is 0 Å². The van der Waals surface area contributed by atoms with Gasteiger partial charge in [0.05, 0.1) is 12.2 Å². The van der Waals surface area contributed by atoms with E-state index in [0.29, 0.717) is 18.3 Å². The van der Waals surface area contributed by atoms with Crippen molar-refractivity contribution in [2.24, 2.45) is 5.92 Å². The summed E-state index contributed by atoms with van der Waals surface area (Å²) in [7, 11) is 0. The van der Waals surface area contributed by atoms with Gasteiger partial charge in [0.15, 0.2) is 0 Å². The minimum absolute atomic E-state index is 0.267. The summed E-state index contributed by atoms with van der Waals surface area (Å²) >= 11 is 0. The molecule has 0 radical (unpaired) electrons. The van der Waals surface area contributed by atoms with E-state index in [-0.39, 0.29) is 5.56 Å². The fraction of sp³-hybridized carbons (Fsp3) is 0.429. The van der Waals surface area contributed by atoms with Crippen LogP contribution in [0.5, 0.6) is 5.75 Å². The Kier molecular flexibility index (Phi) is 4.00. The highest BCUT2D eigenvalue weighted by atomic mass is 19.1. The van der Waals surface area contributed by atoms with Crippen LogP contribution in [0.4, 0.5) is 4.39 Å². The molecule has 1 heterocycles. The summed E-state index contributed by atoms with van der Waals surface area (Å²) in [6.07, 6.45) is 7.16. The van der Waals surface area contributed by atoms with Crippen LogP contribution in [-0.4, -0.2) is 19.8 Å². The van der Waals surface area contributed by atoms with E-state index < -0.39 is 5.82 Å². The largest absolute Gasteiger partial charge is 0.493 e. The maximum absolute atomic E-state index is 13.4. The molecular weight excluding hydrogens is 219 g/mol. The number of benzene rings is 1. The number of ether oxygens (including phenoxy) is 2. The zero-order valence-electron chi connectivity index (χ0n) is 9.62. The van der Waals surface area contributed by atoms with E-state index >= 15 is 0 Å². The first kappa shape index (κ1) is 11.9. The number of hydrogen-bond donors (Lipinski definition) is 0. The third kappa shape index (κ3) is 3.21. The number of hydrogen-bond acceptors (Lipinski definition) is 2. The fourth-order valence-corrected chi connectivity index (χ4v) is 1.83. The van der Waals surface area contributed by atoms with Crippen molar-refractivity contribution in [3.63, 3.8) is 0 Å². The first-order valence-corrected chi connectivity index (χ1v) is 5.76. The molecular formula is C14H15FO2. The molecule has 0 saturated carbocycles. The van der Waals surface area contributed by atoms with E-state index in [0.717, 1.165) is 26.1 Å². The van der Waals surface area contributed by atoms with Crippen molar-refractivity contribution < 1.29 is 13.9 Å². The second kappa shape index (κ2) is 5.70. The maximum Gasteiger partial charge on any atom is 0.142 e. The molecule has 1 saturated heterocycles. The Balaban J connectivity index is 1.90. The maximum atomic E-state index is 13.4. The minimum Gasteiger partial charge on any atom is -0.493 e. The number of rotatable bonds is 3. The molecule has 1 aliphatic rings. The van der Waals surface area contributed by atoms with Crippen molar-refractivity contribution in [1.82, 2.24) is 0 Å². The predicted molar refractivity (Wildman–Crippen MR) is 63.4 cm³/mol. The van der Waals surface area contributed by atoms with Gasteiger partial charge < -0.3 is 9.47 Å². The van der Waals surface area contributed by atoms with Crippen molar-refractivity contribution in [2.75, 3.05) is 19.8 Å². The summed E-state index contributed by atoms with van der Waals surface area (Å²) in [6.45, 7) is 2.19. The summed E-state index contributed by atoms with van der Waals surface area (Å²) in [4.78, 5) is 0. The molecule has 0 bridgehead atoms. The Bertz CT molecular complexity index is 417. The van der Waals surface area contributed by atoms with Crippen LogP contribution in [0.2, 0.25) is 0 Å². The Morgan fingerprint density at radius 3 is 2.82 bits per heavy atom. The molecule has 1 aromatic rings. The quantitative estimate of drug-likeness (QED) is 0.748. The molecule has 1 fully saturated rings. The normalized spacial score (nSPS) is 16.5. The Labute approximate surface area is 101 Å². The van der Waals surface area contributed by atoms with Gasteiger partial charge in [-0.2, -0.15) is 0 Å². The van der Waals surface area contributed by atoms with Gasteiger partial charge >= 0.3 is 0 Å². The number of halogens is 1. The lowest BCUT2D eigenvalue weighted by atomic mass is 10.0. The molecule has 17 heavy (non-hydrogen) atoms. The first-order valence-electron chi connectivity index (χ1n) is 5.76. The summed E-state index contributed by atoms with van der Waals surface area (Å²) in [5, 5.41) is 0. The molecule has 0 aromatic heterocycles. The van der Waals surface area contributed by atoms with E-state index in [1.807, 2.05) is 0 Å². The van der Waals surface area contributed by atoms with Gasteiger partial charge in [-0.05, 0) is 30.9 Å². The summed E-state index contributed by atoms with van der Waals surface area (Å²) in [5.41, 5.74) is 0.267. The van der Waals surface area contributed by atoms with E-state index in [1.165, 1.54) is 6.07 Å². The summed E-state index contributed by atoms with van der Waals surface area (Å²) in [5.74, 6) is 2.91. The fourth-order valence-electron chi connectivity index (χ4n) is 1.83. The predicted octanol–water partition coefficient (Wildman–Crippen LogP) is 2.61.